The molecule has 4 N–H and O–H groups in total. The molecule has 1 atom stereocenters. The van der Waals surface area contributed by atoms with E-state index in [2.05, 4.69) is 48.3 Å². The fourth-order valence-electron chi connectivity index (χ4n) is 7.29. The minimum atomic E-state index is -0.411. The van der Waals surface area contributed by atoms with Crippen LogP contribution in [-0.2, 0) is 9.59 Å². The number of likely N-dealkylation sites (tertiary alicyclic amines) is 1. The summed E-state index contributed by atoms with van der Waals surface area (Å²) in [5, 5.41) is 12.3. The number of amides is 4. The number of hydrogen-bond acceptors (Lipinski definition) is 11. The van der Waals surface area contributed by atoms with E-state index >= 15 is 0 Å². The minimum absolute atomic E-state index is 0.0787. The zero-order valence-corrected chi connectivity index (χ0v) is 31.6. The van der Waals surface area contributed by atoms with Crippen LogP contribution in [0.3, 0.4) is 0 Å². The molecule has 4 aromatic rings. The lowest BCUT2D eigenvalue weighted by Gasteiger charge is -2.40. The van der Waals surface area contributed by atoms with E-state index in [9.17, 15) is 19.2 Å². The molecule has 4 heterocycles. The number of ketones is 1. The number of hydrogen-bond donors (Lipinski definition) is 4. The number of halogens is 1. The van der Waals surface area contributed by atoms with Crippen molar-refractivity contribution in [2.75, 3.05) is 67.2 Å². The SMILES string of the molecule is COc1cc(N2CCN(C(=O)N3CCC(c4ccc(NC5CCC(=O)NC5=O)cc4)CC3)CC2)ccc1Nc1ncc(Cl)c(Nc2ccccc2C(C)=O)n1. The monoisotopic (exact) mass is 765 g/mol. The molecular formula is C40H44ClN9O5. The van der Waals surface area contributed by atoms with Crippen molar-refractivity contribution in [3.63, 3.8) is 0 Å². The van der Waals surface area contributed by atoms with Crippen LogP contribution in [0.15, 0.2) is 72.9 Å². The van der Waals surface area contributed by atoms with Crippen LogP contribution in [0.5, 0.6) is 5.75 Å². The molecule has 4 amide bonds. The molecule has 3 fully saturated rings. The van der Waals surface area contributed by atoms with Crippen LogP contribution >= 0.6 is 11.6 Å². The summed E-state index contributed by atoms with van der Waals surface area (Å²) in [6.45, 7) is 5.52. The van der Waals surface area contributed by atoms with Gasteiger partial charge in [-0.2, -0.15) is 4.98 Å². The summed E-state index contributed by atoms with van der Waals surface area (Å²) in [4.78, 5) is 64.2. The van der Waals surface area contributed by atoms with Gasteiger partial charge >= 0.3 is 6.03 Å². The molecule has 3 saturated heterocycles. The van der Waals surface area contributed by atoms with E-state index in [1.54, 1.807) is 25.3 Å². The summed E-state index contributed by atoms with van der Waals surface area (Å²) >= 11 is 6.41. The number of para-hydroxylation sites is 1. The number of nitrogens with zero attached hydrogens (tertiary/aromatic N) is 5. The second-order valence-electron chi connectivity index (χ2n) is 13.9. The molecule has 0 aliphatic carbocycles. The number of benzene rings is 3. The highest BCUT2D eigenvalue weighted by Crippen LogP contribution is 2.34. The van der Waals surface area contributed by atoms with Crippen LogP contribution < -0.4 is 30.9 Å². The lowest BCUT2D eigenvalue weighted by Crippen LogP contribution is -2.54. The third kappa shape index (κ3) is 8.75. The van der Waals surface area contributed by atoms with Crippen molar-refractivity contribution >= 4 is 69.7 Å². The molecular weight excluding hydrogens is 722 g/mol. The second-order valence-corrected chi connectivity index (χ2v) is 14.3. The van der Waals surface area contributed by atoms with Gasteiger partial charge in [0.15, 0.2) is 11.6 Å². The molecule has 15 heteroatoms. The van der Waals surface area contributed by atoms with Gasteiger partial charge in [-0.05, 0) is 74.1 Å². The molecule has 0 bridgehead atoms. The zero-order valence-electron chi connectivity index (χ0n) is 30.8. The molecule has 286 valence electrons. The Morgan fingerprint density at radius 2 is 1.60 bits per heavy atom. The fourth-order valence-corrected chi connectivity index (χ4v) is 7.42. The number of aromatic nitrogens is 2. The van der Waals surface area contributed by atoms with Crippen LogP contribution in [0.4, 0.5) is 39.3 Å². The third-order valence-electron chi connectivity index (χ3n) is 10.4. The smallest absolute Gasteiger partial charge is 0.320 e. The highest BCUT2D eigenvalue weighted by Gasteiger charge is 2.30. The number of methoxy groups -OCH3 is 1. The molecule has 0 radical (unpaired) electrons. The fraction of sp³-hybridized carbons (Fsp3) is 0.350. The van der Waals surface area contributed by atoms with E-state index in [0.29, 0.717) is 97.5 Å². The summed E-state index contributed by atoms with van der Waals surface area (Å²) in [5.41, 5.74) is 4.84. The average molecular weight is 766 g/mol. The Labute approximate surface area is 324 Å². The number of imide groups is 1. The lowest BCUT2D eigenvalue weighted by molar-refractivity contribution is -0.133. The Morgan fingerprint density at radius 1 is 0.873 bits per heavy atom. The number of carbonyl (C=O) groups excluding carboxylic acids is 4. The van der Waals surface area contributed by atoms with Crippen molar-refractivity contribution in [2.45, 2.75) is 44.6 Å². The van der Waals surface area contributed by atoms with Crippen molar-refractivity contribution in [2.24, 2.45) is 0 Å². The van der Waals surface area contributed by atoms with Gasteiger partial charge in [0.05, 0.1) is 24.7 Å². The van der Waals surface area contributed by atoms with Gasteiger partial charge in [0.1, 0.15) is 16.8 Å². The van der Waals surface area contributed by atoms with Gasteiger partial charge in [0, 0.05) is 68.7 Å². The second kappa shape index (κ2) is 16.6. The molecule has 55 heavy (non-hydrogen) atoms. The number of piperazine rings is 1. The summed E-state index contributed by atoms with van der Waals surface area (Å²) in [6, 6.07) is 20.8. The molecule has 7 rings (SSSR count). The van der Waals surface area contributed by atoms with Gasteiger partial charge in [0.25, 0.3) is 0 Å². The molecule has 1 unspecified atom stereocenters. The maximum Gasteiger partial charge on any atom is 0.320 e. The van der Waals surface area contributed by atoms with E-state index in [4.69, 9.17) is 16.3 Å². The normalized spacial score (nSPS) is 17.7. The van der Waals surface area contributed by atoms with E-state index in [-0.39, 0.29) is 23.6 Å². The Hall–Kier alpha value is -5.89. The van der Waals surface area contributed by atoms with E-state index in [0.717, 1.165) is 24.2 Å². The number of ether oxygens (including phenoxy) is 1. The molecule has 1 aromatic heterocycles. The molecule has 3 aliphatic rings. The summed E-state index contributed by atoms with van der Waals surface area (Å²) in [5.74, 6) is 1.03. The Balaban J connectivity index is 0.899. The first-order valence-corrected chi connectivity index (χ1v) is 18.9. The van der Waals surface area contributed by atoms with Crippen LogP contribution in [0, 0.1) is 0 Å². The predicted octanol–water partition coefficient (Wildman–Crippen LogP) is 6.17. The molecule has 3 aromatic carbocycles. The quantitative estimate of drug-likeness (QED) is 0.108. The molecule has 0 spiro atoms. The van der Waals surface area contributed by atoms with Crippen LogP contribution in [0.1, 0.15) is 54.4 Å². The first kappa shape index (κ1) is 37.4. The van der Waals surface area contributed by atoms with Gasteiger partial charge in [-0.1, -0.05) is 35.9 Å². The van der Waals surface area contributed by atoms with Gasteiger partial charge in [-0.25, -0.2) is 9.78 Å². The van der Waals surface area contributed by atoms with Crippen molar-refractivity contribution in [1.82, 2.24) is 25.1 Å². The predicted molar refractivity (Wildman–Crippen MR) is 212 cm³/mol. The summed E-state index contributed by atoms with van der Waals surface area (Å²) in [7, 11) is 1.61. The van der Waals surface area contributed by atoms with E-state index < -0.39 is 6.04 Å². The van der Waals surface area contributed by atoms with Crippen molar-refractivity contribution in [3.05, 3.63) is 89.1 Å². The minimum Gasteiger partial charge on any atom is -0.494 e. The number of piperidine rings is 2. The van der Waals surface area contributed by atoms with Crippen molar-refractivity contribution in [3.8, 4) is 5.75 Å². The molecule has 14 nitrogen and oxygen atoms in total. The van der Waals surface area contributed by atoms with Crippen molar-refractivity contribution in [1.29, 1.82) is 0 Å². The molecule has 0 saturated carbocycles. The lowest BCUT2D eigenvalue weighted by atomic mass is 9.89. The van der Waals surface area contributed by atoms with Gasteiger partial charge in [0.2, 0.25) is 17.8 Å². The first-order valence-electron chi connectivity index (χ1n) is 18.5. The maximum atomic E-state index is 13.5. The Kier molecular flexibility index (Phi) is 11.3. The number of Topliss-reactive ketones (excluding diaryl/α,β-unsaturated/α-hetero) is 1. The van der Waals surface area contributed by atoms with Crippen LogP contribution in [0.25, 0.3) is 0 Å². The third-order valence-corrected chi connectivity index (χ3v) is 10.7. The zero-order chi connectivity index (χ0) is 38.5. The highest BCUT2D eigenvalue weighted by molar-refractivity contribution is 6.33. The Morgan fingerprint density at radius 3 is 2.31 bits per heavy atom. The summed E-state index contributed by atoms with van der Waals surface area (Å²) < 4.78 is 5.74. The number of urea groups is 1. The first-order chi connectivity index (χ1) is 26.6. The van der Waals surface area contributed by atoms with Gasteiger partial charge in [-0.3, -0.25) is 19.7 Å². The van der Waals surface area contributed by atoms with Crippen LogP contribution in [0.2, 0.25) is 5.02 Å². The number of nitrogens with one attached hydrogen (secondary N) is 4. The number of rotatable bonds is 10. The number of carbonyl (C=O) groups is 4. The van der Waals surface area contributed by atoms with Gasteiger partial charge in [-0.15, -0.1) is 0 Å². The maximum absolute atomic E-state index is 13.5. The molecule has 3 aliphatic heterocycles. The van der Waals surface area contributed by atoms with E-state index in [1.165, 1.54) is 18.7 Å². The average Bonchev–Trinajstić information content (AvgIpc) is 3.20. The number of anilines is 6. The topological polar surface area (TPSA) is 161 Å². The van der Waals surface area contributed by atoms with Gasteiger partial charge < -0.3 is 35.4 Å². The standard InChI is InChI=1S/C40H44ClN9O5/c1-25(51)30-5-3-4-6-32(30)44-37-31(41)24-42-39(47-37)45-33-12-11-29(23-35(33)55-2)48-19-21-50(22-20-48)40(54)49-17-15-27(16-18-49)26-7-9-28(10-8-26)43-34-13-14-36(52)46-38(34)53/h3-12,23-24,27,34,43H,13-22H2,1-2H3,(H,46,52,53)(H2,42,44,45,47). The summed E-state index contributed by atoms with van der Waals surface area (Å²) in [6.07, 6.45) is 4.08. The van der Waals surface area contributed by atoms with E-state index in [1.807, 2.05) is 46.2 Å². The largest absolute Gasteiger partial charge is 0.494 e. The van der Waals surface area contributed by atoms with Crippen molar-refractivity contribution < 1.29 is 23.9 Å². The Bertz CT molecular complexity index is 2060. The van der Waals surface area contributed by atoms with Crippen LogP contribution in [-0.4, -0.2) is 95.8 Å². The highest BCUT2D eigenvalue weighted by atomic mass is 35.5.